The summed E-state index contributed by atoms with van der Waals surface area (Å²) in [6, 6.07) is 0. The van der Waals surface area contributed by atoms with E-state index < -0.39 is 0 Å². The predicted octanol–water partition coefficient (Wildman–Crippen LogP) is 2.66. The average Bonchev–Trinajstić information content (AvgIpc) is 2.16. The first-order valence-electron chi connectivity index (χ1n) is 4.49. The maximum Gasteiger partial charge on any atom is 0.0314 e. The summed E-state index contributed by atoms with van der Waals surface area (Å²) in [5, 5.41) is 0. The summed E-state index contributed by atoms with van der Waals surface area (Å²) < 4.78 is 1.24. The quantitative estimate of drug-likeness (QED) is 0.626. The molecular weight excluding hydrogens is 285 g/mol. The fourth-order valence-corrected chi connectivity index (χ4v) is 2.35. The Morgan fingerprint density at radius 1 is 1.21 bits per heavy atom. The van der Waals surface area contributed by atoms with Crippen LogP contribution in [0.4, 0.5) is 0 Å². The highest BCUT2D eigenvalue weighted by Gasteiger charge is 2.12. The highest BCUT2D eigenvalue weighted by Crippen LogP contribution is 2.27. The Morgan fingerprint density at radius 3 is 2.21 bits per heavy atom. The molecule has 0 atom stereocenters. The first kappa shape index (κ1) is 11.5. The summed E-state index contributed by atoms with van der Waals surface area (Å²) in [4.78, 5) is 0. The minimum absolute atomic E-state index is 0.558. The number of hydrogen-bond donors (Lipinski definition) is 1. The van der Waals surface area contributed by atoms with E-state index in [1.54, 1.807) is 0 Å². The summed E-state index contributed by atoms with van der Waals surface area (Å²) in [7, 11) is 0. The lowest BCUT2D eigenvalue weighted by molar-refractivity contribution is 1.01. The van der Waals surface area contributed by atoms with Gasteiger partial charge in [-0.3, -0.25) is 0 Å². The highest BCUT2D eigenvalue weighted by molar-refractivity contribution is 14.1. The molecular formula is C12H14IN. The van der Waals surface area contributed by atoms with Gasteiger partial charge < -0.3 is 5.73 Å². The molecule has 0 aliphatic heterocycles. The summed E-state index contributed by atoms with van der Waals surface area (Å²) in [6.45, 7) is 6.78. The summed E-state index contributed by atoms with van der Waals surface area (Å²) >= 11 is 2.33. The Kier molecular flexibility index (Phi) is 3.57. The van der Waals surface area contributed by atoms with Crippen LogP contribution in [-0.2, 0) is 6.54 Å². The van der Waals surface area contributed by atoms with E-state index in [0.717, 1.165) is 11.1 Å². The molecule has 0 amide bonds. The largest absolute Gasteiger partial charge is 0.326 e. The van der Waals surface area contributed by atoms with Crippen molar-refractivity contribution in [2.45, 2.75) is 27.3 Å². The lowest BCUT2D eigenvalue weighted by Gasteiger charge is -2.15. The number of rotatable bonds is 1. The molecule has 0 unspecified atom stereocenters. The van der Waals surface area contributed by atoms with Crippen molar-refractivity contribution in [2.75, 3.05) is 0 Å². The zero-order valence-electron chi connectivity index (χ0n) is 8.74. The fraction of sp³-hybridized carbons (Fsp3) is 0.333. The maximum absolute atomic E-state index is 5.72. The molecule has 0 aliphatic rings. The van der Waals surface area contributed by atoms with Crippen LogP contribution in [0.5, 0.6) is 0 Å². The third-order valence-corrected chi connectivity index (χ3v) is 4.28. The van der Waals surface area contributed by atoms with Crippen molar-refractivity contribution < 1.29 is 0 Å². The molecule has 0 saturated carbocycles. The van der Waals surface area contributed by atoms with E-state index in [9.17, 15) is 0 Å². The average molecular weight is 299 g/mol. The molecule has 1 rings (SSSR count). The van der Waals surface area contributed by atoms with E-state index in [1.807, 2.05) is 6.92 Å². The Hall–Kier alpha value is -0.530. The van der Waals surface area contributed by atoms with Gasteiger partial charge in [0, 0.05) is 15.7 Å². The zero-order chi connectivity index (χ0) is 10.9. The molecule has 74 valence electrons. The van der Waals surface area contributed by atoms with Gasteiger partial charge >= 0.3 is 0 Å². The molecule has 14 heavy (non-hydrogen) atoms. The van der Waals surface area contributed by atoms with Crippen LogP contribution in [0.15, 0.2) is 0 Å². The van der Waals surface area contributed by atoms with Crippen LogP contribution in [0, 0.1) is 36.7 Å². The van der Waals surface area contributed by atoms with Crippen molar-refractivity contribution in [1.82, 2.24) is 0 Å². The van der Waals surface area contributed by atoms with E-state index >= 15 is 0 Å². The molecule has 2 N–H and O–H groups in total. The minimum Gasteiger partial charge on any atom is -0.326 e. The summed E-state index contributed by atoms with van der Waals surface area (Å²) in [5.41, 5.74) is 11.5. The molecule has 0 heterocycles. The fourth-order valence-electron chi connectivity index (χ4n) is 1.76. The second-order valence-corrected chi connectivity index (χ2v) is 4.47. The number of halogens is 1. The number of hydrogen-bond acceptors (Lipinski definition) is 1. The Balaban J connectivity index is 3.67. The van der Waals surface area contributed by atoms with Gasteiger partial charge in [-0.1, -0.05) is 5.92 Å². The maximum atomic E-state index is 5.72. The third kappa shape index (κ3) is 1.67. The van der Waals surface area contributed by atoms with Crippen LogP contribution < -0.4 is 5.73 Å². The standard InChI is InChI=1S/C12H14IN/c1-5-10-7(2)11(6-14)9(4)12(13)8(10)3/h1H,6,14H2,2-4H3. The molecule has 0 aromatic heterocycles. The van der Waals surface area contributed by atoms with Crippen molar-refractivity contribution in [3.8, 4) is 12.3 Å². The van der Waals surface area contributed by atoms with Crippen LogP contribution in [0.2, 0.25) is 0 Å². The second kappa shape index (κ2) is 4.33. The van der Waals surface area contributed by atoms with Crippen LogP contribution >= 0.6 is 22.6 Å². The van der Waals surface area contributed by atoms with Gasteiger partial charge in [0.2, 0.25) is 0 Å². The van der Waals surface area contributed by atoms with Crippen LogP contribution in [0.3, 0.4) is 0 Å². The lowest BCUT2D eigenvalue weighted by atomic mass is 9.94. The predicted molar refractivity (Wildman–Crippen MR) is 69.2 cm³/mol. The van der Waals surface area contributed by atoms with E-state index in [2.05, 4.69) is 42.4 Å². The first-order valence-corrected chi connectivity index (χ1v) is 5.57. The van der Waals surface area contributed by atoms with Crippen molar-refractivity contribution in [3.63, 3.8) is 0 Å². The minimum atomic E-state index is 0.558. The van der Waals surface area contributed by atoms with E-state index in [1.165, 1.54) is 20.3 Å². The number of nitrogens with two attached hydrogens (primary N) is 1. The van der Waals surface area contributed by atoms with Crippen LogP contribution in [0.25, 0.3) is 0 Å². The van der Waals surface area contributed by atoms with Crippen LogP contribution in [-0.4, -0.2) is 0 Å². The van der Waals surface area contributed by atoms with Gasteiger partial charge in [0.15, 0.2) is 0 Å². The van der Waals surface area contributed by atoms with Crippen molar-refractivity contribution in [3.05, 3.63) is 31.4 Å². The van der Waals surface area contributed by atoms with Gasteiger partial charge in [0.25, 0.3) is 0 Å². The van der Waals surface area contributed by atoms with E-state index in [0.29, 0.717) is 6.54 Å². The Bertz CT molecular complexity index is 411. The Morgan fingerprint density at radius 2 is 1.79 bits per heavy atom. The van der Waals surface area contributed by atoms with E-state index in [4.69, 9.17) is 12.2 Å². The van der Waals surface area contributed by atoms with Gasteiger partial charge in [-0.25, -0.2) is 0 Å². The molecule has 0 fully saturated rings. The highest BCUT2D eigenvalue weighted by atomic mass is 127. The monoisotopic (exact) mass is 299 g/mol. The second-order valence-electron chi connectivity index (χ2n) is 3.39. The Labute approximate surface area is 99.2 Å². The van der Waals surface area contributed by atoms with Gasteiger partial charge in [0.05, 0.1) is 0 Å². The van der Waals surface area contributed by atoms with Crippen molar-refractivity contribution in [2.24, 2.45) is 5.73 Å². The zero-order valence-corrected chi connectivity index (χ0v) is 10.9. The number of terminal acetylenes is 1. The summed E-state index contributed by atoms with van der Waals surface area (Å²) in [6.07, 6.45) is 5.50. The third-order valence-electron chi connectivity index (χ3n) is 2.66. The topological polar surface area (TPSA) is 26.0 Å². The lowest BCUT2D eigenvalue weighted by Crippen LogP contribution is -2.07. The van der Waals surface area contributed by atoms with Crippen LogP contribution in [0.1, 0.15) is 27.8 Å². The molecule has 0 bridgehead atoms. The normalized spacial score (nSPS) is 10.0. The summed E-state index contributed by atoms with van der Waals surface area (Å²) in [5.74, 6) is 2.75. The molecule has 0 radical (unpaired) electrons. The van der Waals surface area contributed by atoms with Crippen molar-refractivity contribution in [1.29, 1.82) is 0 Å². The van der Waals surface area contributed by atoms with Gasteiger partial charge in [-0.2, -0.15) is 0 Å². The van der Waals surface area contributed by atoms with Gasteiger partial charge in [-0.05, 0) is 65.6 Å². The molecule has 2 heteroatoms. The van der Waals surface area contributed by atoms with Gasteiger partial charge in [-0.15, -0.1) is 6.42 Å². The molecule has 0 saturated heterocycles. The molecule has 1 nitrogen and oxygen atoms in total. The molecule has 0 spiro atoms. The molecule has 0 aliphatic carbocycles. The molecule has 1 aromatic carbocycles. The van der Waals surface area contributed by atoms with E-state index in [-0.39, 0.29) is 0 Å². The van der Waals surface area contributed by atoms with Gasteiger partial charge in [0.1, 0.15) is 0 Å². The SMILES string of the molecule is C#Cc1c(C)c(I)c(C)c(CN)c1C. The number of benzene rings is 1. The van der Waals surface area contributed by atoms with Crippen molar-refractivity contribution >= 4 is 22.6 Å². The first-order chi connectivity index (χ1) is 6.54. The smallest absolute Gasteiger partial charge is 0.0314 e. The molecule has 1 aromatic rings.